The van der Waals surface area contributed by atoms with E-state index in [1.807, 2.05) is 104 Å². The largest absolute Gasteiger partial charge is 0.508 e. The Hall–Kier alpha value is -3.99. The van der Waals surface area contributed by atoms with Crippen LogP contribution in [0.2, 0.25) is 10.1 Å². The van der Waals surface area contributed by atoms with Gasteiger partial charge >= 0.3 is 20.4 Å². The van der Waals surface area contributed by atoms with Crippen LogP contribution >= 0.6 is 0 Å². The van der Waals surface area contributed by atoms with Crippen LogP contribution in [0.25, 0.3) is 0 Å². The van der Waals surface area contributed by atoms with Gasteiger partial charge in [0.2, 0.25) is 0 Å². The Morgan fingerprint density at radius 2 is 0.878 bits per heavy atom. The van der Waals surface area contributed by atoms with Crippen molar-refractivity contribution in [2.45, 2.75) is 97.1 Å². The number of amides is 1. The second kappa shape index (κ2) is 14.9. The van der Waals surface area contributed by atoms with E-state index in [9.17, 15) is 9.59 Å². The lowest BCUT2D eigenvalue weighted by molar-refractivity contribution is -0.140. The van der Waals surface area contributed by atoms with Crippen LogP contribution in [-0.2, 0) is 18.4 Å². The molecule has 4 aromatic carbocycles. The van der Waals surface area contributed by atoms with Gasteiger partial charge in [0.05, 0.1) is 6.10 Å². The van der Waals surface area contributed by atoms with Crippen molar-refractivity contribution >= 4 is 49.4 Å². The highest BCUT2D eigenvalue weighted by Gasteiger charge is 2.56. The number of carbonyl (C=O) groups excluding carboxylic acids is 2. The minimum absolute atomic E-state index is 0.359. The minimum Gasteiger partial charge on any atom is -0.508 e. The number of hydrogen-bond acceptors (Lipinski definition) is 5. The highest BCUT2D eigenvalue weighted by Crippen LogP contribution is 2.39. The maximum atomic E-state index is 15.0. The normalized spacial score (nSPS) is 14.0. The first-order valence-electron chi connectivity index (χ1n) is 17.0. The number of carbonyl (C=O) groups is 2. The Labute approximate surface area is 295 Å². The molecule has 0 radical (unpaired) electrons. The van der Waals surface area contributed by atoms with Gasteiger partial charge in [-0.1, -0.05) is 163 Å². The fourth-order valence-electron chi connectivity index (χ4n) is 6.70. The third kappa shape index (κ3) is 8.25. The first-order chi connectivity index (χ1) is 22.9. The monoisotopic (exact) mass is 695 g/mol. The van der Waals surface area contributed by atoms with Gasteiger partial charge in [-0.05, 0) is 58.5 Å². The first kappa shape index (κ1) is 37.8. The zero-order valence-corrected chi connectivity index (χ0v) is 32.7. The molecule has 2 atom stereocenters. The molecule has 0 heterocycles. The summed E-state index contributed by atoms with van der Waals surface area (Å²) in [6.45, 7) is 20.1. The van der Waals surface area contributed by atoms with Crippen LogP contribution in [0.1, 0.15) is 69.2 Å². The van der Waals surface area contributed by atoms with Gasteiger partial charge in [0.1, 0.15) is 5.60 Å². The van der Waals surface area contributed by atoms with Gasteiger partial charge in [-0.15, -0.1) is 0 Å². The highest BCUT2D eigenvalue weighted by atomic mass is 28.4. The fraction of sp³-hybridized carbons (Fsp3) is 0.366. The van der Waals surface area contributed by atoms with Crippen molar-refractivity contribution in [2.24, 2.45) is 0 Å². The van der Waals surface area contributed by atoms with Crippen molar-refractivity contribution in [1.29, 1.82) is 0 Å². The predicted octanol–water partition coefficient (Wildman–Crippen LogP) is 6.95. The zero-order chi connectivity index (χ0) is 36.1. The minimum atomic E-state index is -3.33. The van der Waals surface area contributed by atoms with Gasteiger partial charge in [0, 0.05) is 0 Å². The molecule has 0 aliphatic heterocycles. The Balaban J connectivity index is 1.90. The van der Waals surface area contributed by atoms with Crippen LogP contribution in [0.5, 0.6) is 0 Å². The Morgan fingerprint density at radius 3 is 1.18 bits per heavy atom. The first-order valence-corrected chi connectivity index (χ1v) is 20.9. The molecule has 49 heavy (non-hydrogen) atoms. The lowest BCUT2D eigenvalue weighted by Crippen LogP contribution is -2.71. The van der Waals surface area contributed by atoms with Crippen LogP contribution in [0, 0.1) is 0 Å². The average molecular weight is 696 g/mol. The molecular weight excluding hydrogens is 643 g/mol. The maximum Gasteiger partial charge on any atom is 0.408 e. The SMILES string of the molecule is C[C@H](O[Si](c1ccccc1)(c1ccccc1)C(C)(C)C)[C@@H](NC(=O)OC(C)(C)C)C(=O)O[Si](c1ccccc1)(c1ccccc1)C(C)(C)C. The summed E-state index contributed by atoms with van der Waals surface area (Å²) >= 11 is 0. The summed E-state index contributed by atoms with van der Waals surface area (Å²) in [6, 6.07) is 39.3. The molecule has 0 unspecified atom stereocenters. The smallest absolute Gasteiger partial charge is 0.408 e. The van der Waals surface area contributed by atoms with Gasteiger partial charge in [-0.2, -0.15) is 0 Å². The predicted molar refractivity (Wildman–Crippen MR) is 205 cm³/mol. The number of hydrogen-bond donors (Lipinski definition) is 1. The van der Waals surface area contributed by atoms with E-state index in [2.05, 4.69) is 71.1 Å². The van der Waals surface area contributed by atoms with E-state index in [0.717, 1.165) is 20.7 Å². The molecule has 0 fully saturated rings. The second-order valence-electron chi connectivity index (χ2n) is 15.7. The molecular formula is C41H53NO5Si2. The molecule has 1 N–H and O–H groups in total. The van der Waals surface area contributed by atoms with E-state index < -0.39 is 51.5 Å². The summed E-state index contributed by atoms with van der Waals surface area (Å²) in [4.78, 5) is 28.5. The van der Waals surface area contributed by atoms with Crippen molar-refractivity contribution in [3.8, 4) is 0 Å². The van der Waals surface area contributed by atoms with Crippen LogP contribution in [-0.4, -0.2) is 46.4 Å². The standard InChI is InChI=1S/C41H53NO5Si2/c1-31(46-48(40(5,6)7,32-23-15-11-16-24-32)33-25-17-12-18-26-33)36(42-38(44)45-39(2,3)4)37(43)47-49(41(8,9)10,34-27-19-13-20-28-34)35-29-21-14-22-30-35/h11-31,36H,1-10H3,(H,42,44)/t31-,36+/m0/s1. The van der Waals surface area contributed by atoms with Gasteiger partial charge < -0.3 is 18.9 Å². The molecule has 260 valence electrons. The lowest BCUT2D eigenvalue weighted by atomic mass is 10.2. The molecule has 0 saturated carbocycles. The van der Waals surface area contributed by atoms with E-state index >= 15 is 0 Å². The van der Waals surface area contributed by atoms with Crippen LogP contribution in [0.3, 0.4) is 0 Å². The van der Waals surface area contributed by atoms with Gasteiger partial charge in [-0.3, -0.25) is 4.79 Å². The second-order valence-corrected chi connectivity index (χ2v) is 24.2. The molecule has 8 heteroatoms. The van der Waals surface area contributed by atoms with E-state index in [0.29, 0.717) is 0 Å². The summed E-state index contributed by atoms with van der Waals surface area (Å²) < 4.78 is 20.1. The summed E-state index contributed by atoms with van der Waals surface area (Å²) in [5.74, 6) is -0.564. The Morgan fingerprint density at radius 1 is 0.551 bits per heavy atom. The maximum absolute atomic E-state index is 15.0. The van der Waals surface area contributed by atoms with Crippen LogP contribution < -0.4 is 26.1 Å². The Bertz CT molecular complexity index is 1580. The van der Waals surface area contributed by atoms with Crippen molar-refractivity contribution < 1.29 is 23.2 Å². The number of alkyl carbamates (subject to hydrolysis) is 1. The van der Waals surface area contributed by atoms with Gasteiger partial charge in [-0.25, -0.2) is 4.79 Å². The average Bonchev–Trinajstić information content (AvgIpc) is 3.04. The van der Waals surface area contributed by atoms with Gasteiger partial charge in [0.15, 0.2) is 6.04 Å². The van der Waals surface area contributed by atoms with Crippen molar-refractivity contribution in [1.82, 2.24) is 5.32 Å². The topological polar surface area (TPSA) is 73.9 Å². The molecule has 0 aromatic heterocycles. The molecule has 0 aliphatic carbocycles. The number of nitrogens with one attached hydrogen (secondary N) is 1. The van der Waals surface area contributed by atoms with E-state index in [1.54, 1.807) is 20.8 Å². The van der Waals surface area contributed by atoms with Crippen molar-refractivity contribution in [2.75, 3.05) is 0 Å². The Kier molecular flexibility index (Phi) is 11.5. The molecule has 6 nitrogen and oxygen atoms in total. The summed E-state index contributed by atoms with van der Waals surface area (Å²) in [5.41, 5.74) is -0.779. The van der Waals surface area contributed by atoms with Gasteiger partial charge in [0.25, 0.3) is 8.32 Å². The number of benzene rings is 4. The number of ether oxygens (including phenoxy) is 1. The molecule has 0 spiro atoms. The third-order valence-corrected chi connectivity index (χ3v) is 18.9. The molecule has 0 aliphatic rings. The molecule has 0 saturated heterocycles. The molecule has 4 rings (SSSR count). The van der Waals surface area contributed by atoms with E-state index in [4.69, 9.17) is 13.6 Å². The summed E-state index contributed by atoms with van der Waals surface area (Å²) in [7, 11) is -6.46. The zero-order valence-electron chi connectivity index (χ0n) is 30.7. The van der Waals surface area contributed by atoms with Crippen LogP contribution in [0.15, 0.2) is 121 Å². The highest BCUT2D eigenvalue weighted by molar-refractivity contribution is 7.00. The van der Waals surface area contributed by atoms with E-state index in [1.165, 1.54) is 0 Å². The molecule has 4 aromatic rings. The number of rotatable bonds is 10. The third-order valence-electron chi connectivity index (χ3n) is 8.85. The lowest BCUT2D eigenvalue weighted by Gasteiger charge is -2.46. The quantitative estimate of drug-likeness (QED) is 0.182. The summed E-state index contributed by atoms with van der Waals surface area (Å²) in [5, 5.41) is 6.13. The van der Waals surface area contributed by atoms with Crippen molar-refractivity contribution in [3.63, 3.8) is 0 Å². The summed E-state index contributed by atoms with van der Waals surface area (Å²) in [6.07, 6.45) is -1.51. The van der Waals surface area contributed by atoms with Crippen LogP contribution in [0.4, 0.5) is 4.79 Å². The molecule has 0 bridgehead atoms. The fourth-order valence-corrected chi connectivity index (χ4v) is 15.8. The van der Waals surface area contributed by atoms with E-state index in [-0.39, 0.29) is 5.04 Å². The molecule has 1 amide bonds. The van der Waals surface area contributed by atoms with Crippen molar-refractivity contribution in [3.05, 3.63) is 121 Å².